The molecular formula is C21H27N3O2. The van der Waals surface area contributed by atoms with Crippen molar-refractivity contribution in [2.24, 2.45) is 0 Å². The summed E-state index contributed by atoms with van der Waals surface area (Å²) in [5, 5.41) is 2.92. The summed E-state index contributed by atoms with van der Waals surface area (Å²) in [5.41, 5.74) is 7.13. The Bertz CT molecular complexity index is 862. The predicted molar refractivity (Wildman–Crippen MR) is 107 cm³/mol. The lowest BCUT2D eigenvalue weighted by molar-refractivity contribution is -0.110. The fraction of sp³-hybridized carbons (Fsp3) is 0.381. The van der Waals surface area contributed by atoms with Gasteiger partial charge in [-0.25, -0.2) is 0 Å². The first-order valence-corrected chi connectivity index (χ1v) is 8.95. The number of nitrogens with one attached hydrogen (secondary N) is 2. The van der Waals surface area contributed by atoms with Gasteiger partial charge in [0.15, 0.2) is 0 Å². The van der Waals surface area contributed by atoms with E-state index in [1.165, 1.54) is 16.8 Å². The number of carbonyl (C=O) groups excluding carboxylic acids is 1. The highest BCUT2D eigenvalue weighted by molar-refractivity contribution is 6.35. The number of nitrogens with zero attached hydrogens (tertiary/aromatic N) is 1. The van der Waals surface area contributed by atoms with Gasteiger partial charge in [0.1, 0.15) is 5.75 Å². The van der Waals surface area contributed by atoms with Crippen molar-refractivity contribution in [3.8, 4) is 5.75 Å². The minimum Gasteiger partial charge on any atom is -0.497 e. The Hall–Kier alpha value is -2.53. The molecule has 5 nitrogen and oxygen atoms in total. The number of aromatic amines is 1. The number of amides is 1. The second kappa shape index (κ2) is 7.38. The van der Waals surface area contributed by atoms with Gasteiger partial charge in [-0.15, -0.1) is 0 Å². The maximum atomic E-state index is 12.4. The third-order valence-electron chi connectivity index (χ3n) is 4.96. The Morgan fingerprint density at radius 3 is 2.69 bits per heavy atom. The van der Waals surface area contributed by atoms with Crippen molar-refractivity contribution < 1.29 is 9.53 Å². The number of ether oxygens (including phenoxy) is 1. The lowest BCUT2D eigenvalue weighted by atomic mass is 10.0. The van der Waals surface area contributed by atoms with E-state index in [0.717, 1.165) is 42.1 Å². The molecule has 3 rings (SSSR count). The van der Waals surface area contributed by atoms with Gasteiger partial charge in [0.05, 0.1) is 12.7 Å². The summed E-state index contributed by atoms with van der Waals surface area (Å²) in [5.74, 6) is 0.670. The second-order valence-electron chi connectivity index (χ2n) is 7.10. The fourth-order valence-electron chi connectivity index (χ4n) is 3.49. The van der Waals surface area contributed by atoms with Gasteiger partial charge in [-0.3, -0.25) is 4.79 Å². The van der Waals surface area contributed by atoms with E-state index in [4.69, 9.17) is 4.74 Å². The number of aryl methyl sites for hydroxylation is 1. The van der Waals surface area contributed by atoms with Crippen LogP contribution >= 0.6 is 0 Å². The van der Waals surface area contributed by atoms with E-state index in [1.807, 2.05) is 24.3 Å². The molecule has 0 saturated carbocycles. The number of anilines is 1. The molecule has 2 aromatic rings. The van der Waals surface area contributed by atoms with E-state index < -0.39 is 0 Å². The van der Waals surface area contributed by atoms with Crippen LogP contribution in [-0.4, -0.2) is 43.5 Å². The summed E-state index contributed by atoms with van der Waals surface area (Å²) in [4.78, 5) is 18.1. The van der Waals surface area contributed by atoms with Crippen LogP contribution in [0.25, 0.3) is 11.6 Å². The van der Waals surface area contributed by atoms with Gasteiger partial charge >= 0.3 is 0 Å². The highest BCUT2D eigenvalue weighted by atomic mass is 16.5. The molecule has 0 saturated heterocycles. The number of H-pyrrole nitrogens is 1. The molecule has 0 bridgehead atoms. The van der Waals surface area contributed by atoms with Gasteiger partial charge in [0.25, 0.3) is 5.91 Å². The van der Waals surface area contributed by atoms with Crippen LogP contribution in [0.4, 0.5) is 5.69 Å². The van der Waals surface area contributed by atoms with Crippen molar-refractivity contribution in [2.45, 2.75) is 26.7 Å². The SMILES string of the molecule is COc1ccc2c(c1)C(=Cc1[nH]c(C)c(CCCN(C)C)c1C)C(=O)N2. The third-order valence-corrected chi connectivity index (χ3v) is 4.96. The minimum atomic E-state index is -0.0749. The molecule has 2 N–H and O–H groups in total. The smallest absolute Gasteiger partial charge is 0.256 e. The van der Waals surface area contributed by atoms with Gasteiger partial charge < -0.3 is 19.9 Å². The lowest BCUT2D eigenvalue weighted by Gasteiger charge is -2.09. The van der Waals surface area contributed by atoms with Crippen molar-refractivity contribution >= 4 is 23.2 Å². The number of benzene rings is 1. The first-order valence-electron chi connectivity index (χ1n) is 8.95. The highest BCUT2D eigenvalue weighted by Crippen LogP contribution is 2.36. The molecule has 1 aliphatic heterocycles. The summed E-state index contributed by atoms with van der Waals surface area (Å²) >= 11 is 0. The molecule has 0 fully saturated rings. The molecule has 1 amide bonds. The molecule has 138 valence electrons. The number of methoxy groups -OCH3 is 1. The lowest BCUT2D eigenvalue weighted by Crippen LogP contribution is -2.13. The second-order valence-corrected chi connectivity index (χ2v) is 7.10. The molecule has 1 aromatic heterocycles. The van der Waals surface area contributed by atoms with Gasteiger partial charge in [0.2, 0.25) is 0 Å². The van der Waals surface area contributed by atoms with Crippen LogP contribution in [0.15, 0.2) is 18.2 Å². The van der Waals surface area contributed by atoms with Gasteiger partial charge in [-0.1, -0.05) is 0 Å². The van der Waals surface area contributed by atoms with Crippen LogP contribution in [0.3, 0.4) is 0 Å². The fourth-order valence-corrected chi connectivity index (χ4v) is 3.49. The number of hydrogen-bond acceptors (Lipinski definition) is 3. The average molecular weight is 353 g/mol. The van der Waals surface area contributed by atoms with Crippen molar-refractivity contribution in [3.63, 3.8) is 0 Å². The molecule has 2 heterocycles. The van der Waals surface area contributed by atoms with Crippen molar-refractivity contribution in [2.75, 3.05) is 33.1 Å². The molecule has 0 unspecified atom stereocenters. The van der Waals surface area contributed by atoms with Crippen LogP contribution in [0.2, 0.25) is 0 Å². The van der Waals surface area contributed by atoms with Crippen LogP contribution in [0.5, 0.6) is 5.75 Å². The summed E-state index contributed by atoms with van der Waals surface area (Å²) < 4.78 is 5.31. The van der Waals surface area contributed by atoms with Crippen LogP contribution < -0.4 is 10.1 Å². The van der Waals surface area contributed by atoms with E-state index in [1.54, 1.807) is 7.11 Å². The summed E-state index contributed by atoms with van der Waals surface area (Å²) in [6, 6.07) is 5.64. The minimum absolute atomic E-state index is 0.0749. The van der Waals surface area contributed by atoms with E-state index in [2.05, 4.69) is 43.1 Å². The summed E-state index contributed by atoms with van der Waals surface area (Å²) in [6.07, 6.45) is 4.10. The van der Waals surface area contributed by atoms with Crippen molar-refractivity contribution in [3.05, 3.63) is 46.3 Å². The molecule has 5 heteroatoms. The molecule has 0 atom stereocenters. The van der Waals surface area contributed by atoms with E-state index >= 15 is 0 Å². The summed E-state index contributed by atoms with van der Waals surface area (Å²) in [6.45, 7) is 5.29. The molecule has 26 heavy (non-hydrogen) atoms. The zero-order valence-corrected chi connectivity index (χ0v) is 16.2. The largest absolute Gasteiger partial charge is 0.497 e. The maximum absolute atomic E-state index is 12.4. The molecular weight excluding hydrogens is 326 g/mol. The Balaban J connectivity index is 1.93. The van der Waals surface area contributed by atoms with Crippen molar-refractivity contribution in [1.29, 1.82) is 0 Å². The first-order chi connectivity index (χ1) is 12.4. The standard InChI is InChI=1S/C21H27N3O2/c1-13-16(7-6-10-24(3)4)14(2)22-20(13)12-18-17-11-15(26-5)8-9-19(17)23-21(18)25/h8-9,11-12,22H,6-7,10H2,1-5H3,(H,23,25). The van der Waals surface area contributed by atoms with Crippen LogP contribution in [-0.2, 0) is 11.2 Å². The molecule has 1 aromatic carbocycles. The number of fused-ring (bicyclic) bond motifs is 1. The number of aromatic nitrogens is 1. The molecule has 0 aliphatic carbocycles. The monoisotopic (exact) mass is 353 g/mol. The Morgan fingerprint density at radius 1 is 1.23 bits per heavy atom. The quantitative estimate of drug-likeness (QED) is 0.780. The Labute approximate surface area is 155 Å². The Kier molecular flexibility index (Phi) is 5.18. The molecule has 1 aliphatic rings. The summed E-state index contributed by atoms with van der Waals surface area (Å²) in [7, 11) is 5.82. The highest BCUT2D eigenvalue weighted by Gasteiger charge is 2.25. The number of carbonyl (C=O) groups is 1. The average Bonchev–Trinajstić information content (AvgIpc) is 3.05. The van der Waals surface area contributed by atoms with Crippen LogP contribution in [0.1, 0.15) is 34.5 Å². The third kappa shape index (κ3) is 3.53. The molecule has 0 radical (unpaired) electrons. The number of hydrogen-bond donors (Lipinski definition) is 2. The zero-order valence-electron chi connectivity index (χ0n) is 16.2. The Morgan fingerprint density at radius 2 is 2.00 bits per heavy atom. The normalized spacial score (nSPS) is 14.8. The van der Waals surface area contributed by atoms with E-state index in [9.17, 15) is 4.79 Å². The first kappa shape index (κ1) is 18.3. The van der Waals surface area contributed by atoms with Gasteiger partial charge in [-0.2, -0.15) is 0 Å². The van der Waals surface area contributed by atoms with Crippen LogP contribution in [0, 0.1) is 13.8 Å². The maximum Gasteiger partial charge on any atom is 0.256 e. The number of rotatable bonds is 6. The predicted octanol–water partition coefficient (Wildman–Crippen LogP) is 3.63. The topological polar surface area (TPSA) is 57.4 Å². The zero-order chi connectivity index (χ0) is 18.8. The van der Waals surface area contributed by atoms with E-state index in [0.29, 0.717) is 5.57 Å². The molecule has 0 spiro atoms. The van der Waals surface area contributed by atoms with Gasteiger partial charge in [-0.05, 0) is 82.7 Å². The van der Waals surface area contributed by atoms with E-state index in [-0.39, 0.29) is 5.91 Å². The van der Waals surface area contributed by atoms with Crippen molar-refractivity contribution in [1.82, 2.24) is 9.88 Å². The van der Waals surface area contributed by atoms with Gasteiger partial charge in [0, 0.05) is 22.6 Å².